The van der Waals surface area contributed by atoms with Gasteiger partial charge in [-0.15, -0.1) is 0 Å². The molecule has 0 saturated carbocycles. The number of nitrogens with zero attached hydrogens (tertiary/aromatic N) is 2. The second-order valence-electron chi connectivity index (χ2n) is 5.72. The fourth-order valence-corrected chi connectivity index (χ4v) is 4.11. The van der Waals surface area contributed by atoms with E-state index < -0.39 is 0 Å². The van der Waals surface area contributed by atoms with Gasteiger partial charge in [-0.2, -0.15) is 0 Å². The molecule has 0 atom stereocenters. The molecule has 2 rings (SSSR count). The standard InChI is InChI=1S/C19H23FN2OS2/c1-5-21(6-2)19(24)25-12-18(23)22-13(3)11-16(14(22)4)15-9-7-8-10-17(15)20/h7-11H,5-6,12H2,1-4H3. The minimum Gasteiger partial charge on any atom is -0.358 e. The summed E-state index contributed by atoms with van der Waals surface area (Å²) >= 11 is 6.76. The molecule has 0 aliphatic heterocycles. The van der Waals surface area contributed by atoms with E-state index in [0.717, 1.165) is 34.4 Å². The monoisotopic (exact) mass is 378 g/mol. The summed E-state index contributed by atoms with van der Waals surface area (Å²) in [5.41, 5.74) is 2.82. The minimum atomic E-state index is -0.285. The Kier molecular flexibility index (Phi) is 6.79. The van der Waals surface area contributed by atoms with E-state index in [-0.39, 0.29) is 17.5 Å². The average molecular weight is 379 g/mol. The predicted octanol–water partition coefficient (Wildman–Crippen LogP) is 4.91. The second-order valence-corrected chi connectivity index (χ2v) is 7.33. The zero-order chi connectivity index (χ0) is 18.6. The van der Waals surface area contributed by atoms with Crippen LogP contribution < -0.4 is 0 Å². The van der Waals surface area contributed by atoms with Gasteiger partial charge in [0, 0.05) is 35.6 Å². The third-order valence-corrected chi connectivity index (χ3v) is 5.69. The number of carbonyl (C=O) groups excluding carboxylic acids is 1. The van der Waals surface area contributed by atoms with Gasteiger partial charge in [-0.25, -0.2) is 4.39 Å². The number of hydrogen-bond acceptors (Lipinski definition) is 3. The number of hydrogen-bond donors (Lipinski definition) is 0. The molecule has 0 radical (unpaired) electrons. The van der Waals surface area contributed by atoms with Crippen molar-refractivity contribution in [2.45, 2.75) is 27.7 Å². The third kappa shape index (κ3) is 4.30. The summed E-state index contributed by atoms with van der Waals surface area (Å²) in [5.74, 6) is -0.0630. The third-order valence-electron chi connectivity index (χ3n) is 4.19. The van der Waals surface area contributed by atoms with Crippen LogP contribution in [-0.2, 0) is 0 Å². The predicted molar refractivity (Wildman–Crippen MR) is 108 cm³/mol. The van der Waals surface area contributed by atoms with Crippen LogP contribution in [-0.4, -0.2) is 38.5 Å². The highest BCUT2D eigenvalue weighted by Crippen LogP contribution is 2.29. The minimum absolute atomic E-state index is 0.0444. The van der Waals surface area contributed by atoms with Gasteiger partial charge in [-0.05, 0) is 39.8 Å². The topological polar surface area (TPSA) is 25.2 Å². The van der Waals surface area contributed by atoms with Gasteiger partial charge in [0.2, 0.25) is 5.91 Å². The molecule has 1 aromatic heterocycles. The summed E-state index contributed by atoms with van der Waals surface area (Å²) in [6.45, 7) is 9.45. The summed E-state index contributed by atoms with van der Waals surface area (Å²) in [5, 5.41) is 0. The number of thioether (sulfide) groups is 1. The van der Waals surface area contributed by atoms with E-state index in [4.69, 9.17) is 12.2 Å². The van der Waals surface area contributed by atoms with Crippen molar-refractivity contribution in [2.24, 2.45) is 0 Å². The molecule has 0 N–H and O–H groups in total. The number of rotatable bonds is 5. The van der Waals surface area contributed by atoms with Crippen LogP contribution in [0.4, 0.5) is 4.39 Å². The van der Waals surface area contributed by atoms with Crippen LogP contribution in [0.1, 0.15) is 30.0 Å². The number of thiocarbonyl (C=S) groups is 1. The average Bonchev–Trinajstić information content (AvgIpc) is 2.88. The van der Waals surface area contributed by atoms with Crippen molar-refractivity contribution in [1.82, 2.24) is 9.47 Å². The summed E-state index contributed by atoms with van der Waals surface area (Å²) in [6, 6.07) is 8.48. The normalized spacial score (nSPS) is 10.8. The van der Waals surface area contributed by atoms with Gasteiger partial charge in [0.25, 0.3) is 0 Å². The van der Waals surface area contributed by atoms with Gasteiger partial charge in [-0.3, -0.25) is 9.36 Å². The zero-order valence-corrected chi connectivity index (χ0v) is 16.6. The van der Waals surface area contributed by atoms with Gasteiger partial charge >= 0.3 is 0 Å². The number of aromatic nitrogens is 1. The molecular formula is C19H23FN2OS2. The van der Waals surface area contributed by atoms with Gasteiger partial charge < -0.3 is 4.90 Å². The molecule has 0 aliphatic carbocycles. The first-order chi connectivity index (χ1) is 11.9. The highest BCUT2D eigenvalue weighted by atomic mass is 32.2. The number of carbonyl (C=O) groups is 1. The van der Waals surface area contributed by atoms with Crippen molar-refractivity contribution in [3.05, 3.63) is 47.5 Å². The van der Waals surface area contributed by atoms with E-state index in [9.17, 15) is 9.18 Å². The van der Waals surface area contributed by atoms with Crippen LogP contribution in [0, 0.1) is 19.7 Å². The maximum Gasteiger partial charge on any atom is 0.241 e. The molecule has 2 aromatic rings. The Morgan fingerprint density at radius 2 is 1.84 bits per heavy atom. The molecule has 134 valence electrons. The maximum absolute atomic E-state index is 14.1. The van der Waals surface area contributed by atoms with E-state index in [1.54, 1.807) is 22.8 Å². The van der Waals surface area contributed by atoms with Crippen LogP contribution in [0.5, 0.6) is 0 Å². The Balaban J connectivity index is 2.22. The number of aryl methyl sites for hydroxylation is 1. The van der Waals surface area contributed by atoms with Crippen LogP contribution in [0.2, 0.25) is 0 Å². The number of benzene rings is 1. The summed E-state index contributed by atoms with van der Waals surface area (Å²) in [7, 11) is 0. The van der Waals surface area contributed by atoms with Crippen LogP contribution in [0.15, 0.2) is 30.3 Å². The van der Waals surface area contributed by atoms with Crippen molar-refractivity contribution in [2.75, 3.05) is 18.8 Å². The molecule has 0 amide bonds. The fourth-order valence-electron chi connectivity index (χ4n) is 2.86. The Labute approximate surface area is 158 Å². The van der Waals surface area contributed by atoms with E-state index >= 15 is 0 Å². The molecule has 0 spiro atoms. The van der Waals surface area contributed by atoms with Crippen LogP contribution in [0.3, 0.4) is 0 Å². The first-order valence-electron chi connectivity index (χ1n) is 8.29. The zero-order valence-electron chi connectivity index (χ0n) is 15.0. The molecule has 1 aromatic carbocycles. The highest BCUT2D eigenvalue weighted by Gasteiger charge is 2.19. The fraction of sp³-hybridized carbons (Fsp3) is 0.368. The lowest BCUT2D eigenvalue weighted by Crippen LogP contribution is -2.28. The molecule has 6 heteroatoms. The van der Waals surface area contributed by atoms with Crippen molar-refractivity contribution in [1.29, 1.82) is 0 Å². The van der Waals surface area contributed by atoms with E-state index in [2.05, 4.69) is 0 Å². The number of halogens is 1. The molecule has 0 bridgehead atoms. The molecule has 0 unspecified atom stereocenters. The van der Waals surface area contributed by atoms with Crippen molar-refractivity contribution in [3.63, 3.8) is 0 Å². The van der Waals surface area contributed by atoms with Crippen molar-refractivity contribution >= 4 is 34.2 Å². The summed E-state index contributed by atoms with van der Waals surface area (Å²) < 4.78 is 16.5. The van der Waals surface area contributed by atoms with E-state index in [0.29, 0.717) is 5.56 Å². The van der Waals surface area contributed by atoms with Crippen LogP contribution >= 0.6 is 24.0 Å². The quantitative estimate of drug-likeness (QED) is 0.690. The van der Waals surface area contributed by atoms with Crippen molar-refractivity contribution < 1.29 is 9.18 Å². The molecule has 0 aliphatic rings. The van der Waals surface area contributed by atoms with Gasteiger partial charge in [0.05, 0.1) is 5.75 Å². The highest BCUT2D eigenvalue weighted by molar-refractivity contribution is 8.23. The van der Waals surface area contributed by atoms with Crippen LogP contribution in [0.25, 0.3) is 11.1 Å². The van der Waals surface area contributed by atoms with Crippen molar-refractivity contribution in [3.8, 4) is 11.1 Å². The smallest absolute Gasteiger partial charge is 0.241 e. The Hall–Kier alpha value is -1.66. The SMILES string of the molecule is CCN(CC)C(=S)SCC(=O)n1c(C)cc(-c2ccccc2F)c1C. The summed E-state index contributed by atoms with van der Waals surface area (Å²) in [4.78, 5) is 14.7. The Morgan fingerprint density at radius 1 is 1.20 bits per heavy atom. The lowest BCUT2D eigenvalue weighted by Gasteiger charge is -2.20. The second kappa shape index (κ2) is 8.63. The summed E-state index contributed by atoms with van der Waals surface area (Å²) in [6.07, 6.45) is 0. The molecule has 3 nitrogen and oxygen atoms in total. The molecule has 0 fully saturated rings. The maximum atomic E-state index is 14.1. The lowest BCUT2D eigenvalue weighted by atomic mass is 10.1. The van der Waals surface area contributed by atoms with Gasteiger partial charge in [0.15, 0.2) is 0 Å². The molecular weight excluding hydrogens is 355 g/mol. The van der Waals surface area contributed by atoms with Gasteiger partial charge in [-0.1, -0.05) is 42.2 Å². The van der Waals surface area contributed by atoms with E-state index in [1.165, 1.54) is 17.8 Å². The lowest BCUT2D eigenvalue weighted by molar-refractivity contribution is 0.0938. The van der Waals surface area contributed by atoms with Gasteiger partial charge in [0.1, 0.15) is 10.1 Å². The first kappa shape index (κ1) is 19.7. The first-order valence-corrected chi connectivity index (χ1v) is 9.68. The van der Waals surface area contributed by atoms with E-state index in [1.807, 2.05) is 38.7 Å². The largest absolute Gasteiger partial charge is 0.358 e. The Bertz CT molecular complexity index is 782. The molecule has 1 heterocycles. The molecule has 0 saturated heterocycles. The molecule has 25 heavy (non-hydrogen) atoms. The Morgan fingerprint density at radius 3 is 2.44 bits per heavy atom.